The summed E-state index contributed by atoms with van der Waals surface area (Å²) in [5.74, 6) is 1.07. The highest BCUT2D eigenvalue weighted by molar-refractivity contribution is 5.89. The number of likely N-dealkylation sites (tertiary alicyclic amines) is 1. The fourth-order valence-electron chi connectivity index (χ4n) is 3.59. The monoisotopic (exact) mass is 392 g/mol. The molecule has 1 aromatic rings. The molecule has 1 atom stereocenters. The van der Waals surface area contributed by atoms with E-state index in [2.05, 4.69) is 15.2 Å². The molecule has 1 aromatic heterocycles. The van der Waals surface area contributed by atoms with Crippen LogP contribution >= 0.6 is 0 Å². The SMILES string of the molecule is CCNC(=NCc1ccc(C(N)=O)o1)N1CCC(OCC2CCCCO2)CC1. The van der Waals surface area contributed by atoms with E-state index in [0.717, 1.165) is 51.5 Å². The molecule has 0 spiro atoms. The lowest BCUT2D eigenvalue weighted by atomic mass is 10.1. The molecular weight excluding hydrogens is 360 g/mol. The van der Waals surface area contributed by atoms with Gasteiger partial charge in [0.05, 0.1) is 18.8 Å². The highest BCUT2D eigenvalue weighted by Gasteiger charge is 2.23. The maximum atomic E-state index is 11.1. The van der Waals surface area contributed by atoms with Gasteiger partial charge in [-0.3, -0.25) is 4.79 Å². The first-order chi connectivity index (χ1) is 13.7. The summed E-state index contributed by atoms with van der Waals surface area (Å²) in [5.41, 5.74) is 5.22. The number of piperidine rings is 1. The van der Waals surface area contributed by atoms with Crippen LogP contribution in [0, 0.1) is 0 Å². The average molecular weight is 393 g/mol. The second-order valence-corrected chi connectivity index (χ2v) is 7.31. The van der Waals surface area contributed by atoms with Gasteiger partial charge in [0.25, 0.3) is 5.91 Å². The van der Waals surface area contributed by atoms with E-state index in [9.17, 15) is 4.79 Å². The molecule has 8 nitrogen and oxygen atoms in total. The molecule has 0 aliphatic carbocycles. The zero-order chi connectivity index (χ0) is 19.8. The van der Waals surface area contributed by atoms with Gasteiger partial charge in [-0.15, -0.1) is 0 Å². The van der Waals surface area contributed by atoms with Crippen molar-refractivity contribution in [2.75, 3.05) is 32.8 Å². The number of primary amides is 1. The molecule has 2 saturated heterocycles. The van der Waals surface area contributed by atoms with E-state index >= 15 is 0 Å². The van der Waals surface area contributed by atoms with E-state index in [1.54, 1.807) is 12.1 Å². The fourth-order valence-corrected chi connectivity index (χ4v) is 3.59. The summed E-state index contributed by atoms with van der Waals surface area (Å²) in [7, 11) is 0. The van der Waals surface area contributed by atoms with Gasteiger partial charge in [0.15, 0.2) is 11.7 Å². The molecule has 0 bridgehead atoms. The lowest BCUT2D eigenvalue weighted by molar-refractivity contribution is -0.0721. The zero-order valence-corrected chi connectivity index (χ0v) is 16.7. The third-order valence-corrected chi connectivity index (χ3v) is 5.16. The summed E-state index contributed by atoms with van der Waals surface area (Å²) in [4.78, 5) is 18.0. The Morgan fingerprint density at radius 3 is 2.79 bits per heavy atom. The molecule has 1 amide bonds. The van der Waals surface area contributed by atoms with Crippen LogP contribution in [-0.2, 0) is 16.0 Å². The molecule has 28 heavy (non-hydrogen) atoms. The first-order valence-electron chi connectivity index (χ1n) is 10.3. The first kappa shape index (κ1) is 20.7. The Bertz CT molecular complexity index is 646. The molecule has 1 unspecified atom stereocenters. The number of hydrogen-bond donors (Lipinski definition) is 2. The molecule has 3 heterocycles. The standard InChI is InChI=1S/C20H32N4O4/c1-2-22-20(23-13-16-6-7-18(28-16)19(21)25)24-10-8-15(9-11-24)27-14-17-5-3-4-12-26-17/h6-7,15,17H,2-5,8-14H2,1H3,(H2,21,25)(H,22,23). The minimum absolute atomic E-state index is 0.162. The molecule has 0 radical (unpaired) electrons. The molecule has 0 aromatic carbocycles. The Hall–Kier alpha value is -2.06. The molecule has 2 aliphatic heterocycles. The van der Waals surface area contributed by atoms with Gasteiger partial charge in [0.1, 0.15) is 12.3 Å². The topological polar surface area (TPSA) is 102 Å². The Morgan fingerprint density at radius 2 is 2.14 bits per heavy atom. The van der Waals surface area contributed by atoms with Gasteiger partial charge in [0.2, 0.25) is 0 Å². The zero-order valence-electron chi connectivity index (χ0n) is 16.7. The molecule has 2 fully saturated rings. The highest BCUT2D eigenvalue weighted by atomic mass is 16.5. The lowest BCUT2D eigenvalue weighted by Crippen LogP contribution is -2.47. The number of amides is 1. The van der Waals surface area contributed by atoms with Crippen molar-refractivity contribution in [3.05, 3.63) is 23.7 Å². The third kappa shape index (κ3) is 5.97. The molecule has 3 N–H and O–H groups in total. The smallest absolute Gasteiger partial charge is 0.284 e. The largest absolute Gasteiger partial charge is 0.454 e. The Morgan fingerprint density at radius 1 is 1.32 bits per heavy atom. The molecule has 8 heteroatoms. The summed E-state index contributed by atoms with van der Waals surface area (Å²) in [6.45, 7) is 6.57. The number of guanidine groups is 1. The van der Waals surface area contributed by atoms with Crippen LogP contribution in [0.2, 0.25) is 0 Å². The molecule has 3 rings (SSSR count). The maximum absolute atomic E-state index is 11.1. The van der Waals surface area contributed by atoms with Crippen LogP contribution in [-0.4, -0.2) is 61.8 Å². The number of carbonyl (C=O) groups is 1. The van der Waals surface area contributed by atoms with Crippen molar-refractivity contribution in [2.24, 2.45) is 10.7 Å². The lowest BCUT2D eigenvalue weighted by Gasteiger charge is -2.35. The van der Waals surface area contributed by atoms with Crippen molar-refractivity contribution in [2.45, 2.75) is 57.8 Å². The first-order valence-corrected chi connectivity index (χ1v) is 10.3. The van der Waals surface area contributed by atoms with Crippen LogP contribution in [0.4, 0.5) is 0 Å². The summed E-state index contributed by atoms with van der Waals surface area (Å²) in [5, 5.41) is 3.33. The van der Waals surface area contributed by atoms with Gasteiger partial charge in [0, 0.05) is 26.2 Å². The van der Waals surface area contributed by atoms with E-state index in [1.165, 1.54) is 12.8 Å². The second-order valence-electron chi connectivity index (χ2n) is 7.31. The van der Waals surface area contributed by atoms with Crippen molar-refractivity contribution in [1.29, 1.82) is 0 Å². The summed E-state index contributed by atoms with van der Waals surface area (Å²) < 4.78 is 17.3. The van der Waals surface area contributed by atoms with E-state index in [4.69, 9.17) is 19.6 Å². The number of hydrogen-bond acceptors (Lipinski definition) is 5. The van der Waals surface area contributed by atoms with Crippen LogP contribution in [0.15, 0.2) is 21.5 Å². The Labute approximate surface area is 166 Å². The van der Waals surface area contributed by atoms with Crippen LogP contribution in [0.5, 0.6) is 0 Å². The number of nitrogens with one attached hydrogen (secondary N) is 1. The summed E-state index contributed by atoms with van der Waals surface area (Å²) in [6, 6.07) is 3.32. The van der Waals surface area contributed by atoms with Crippen LogP contribution < -0.4 is 11.1 Å². The number of aliphatic imine (C=N–C) groups is 1. The van der Waals surface area contributed by atoms with Crippen LogP contribution in [0.3, 0.4) is 0 Å². The van der Waals surface area contributed by atoms with E-state index < -0.39 is 5.91 Å². The van der Waals surface area contributed by atoms with Gasteiger partial charge < -0.3 is 29.8 Å². The number of nitrogens with zero attached hydrogens (tertiary/aromatic N) is 2. The van der Waals surface area contributed by atoms with Gasteiger partial charge in [-0.05, 0) is 51.2 Å². The van der Waals surface area contributed by atoms with Crippen LogP contribution in [0.1, 0.15) is 55.3 Å². The van der Waals surface area contributed by atoms with Gasteiger partial charge in [-0.2, -0.15) is 0 Å². The van der Waals surface area contributed by atoms with Crippen molar-refractivity contribution in [3.63, 3.8) is 0 Å². The minimum atomic E-state index is -0.567. The quantitative estimate of drug-likeness (QED) is 0.543. The Kier molecular flexibility index (Phi) is 7.73. The van der Waals surface area contributed by atoms with Crippen molar-refractivity contribution in [3.8, 4) is 0 Å². The number of carbonyl (C=O) groups excluding carboxylic acids is 1. The van der Waals surface area contributed by atoms with E-state index in [0.29, 0.717) is 18.9 Å². The minimum Gasteiger partial charge on any atom is -0.454 e. The maximum Gasteiger partial charge on any atom is 0.284 e. The van der Waals surface area contributed by atoms with Crippen LogP contribution in [0.25, 0.3) is 0 Å². The average Bonchev–Trinajstić information content (AvgIpc) is 3.20. The van der Waals surface area contributed by atoms with Gasteiger partial charge in [-0.25, -0.2) is 4.99 Å². The molecular formula is C20H32N4O4. The summed E-state index contributed by atoms with van der Waals surface area (Å²) in [6.07, 6.45) is 6.03. The molecule has 156 valence electrons. The number of nitrogens with two attached hydrogens (primary N) is 1. The highest BCUT2D eigenvalue weighted by Crippen LogP contribution is 2.18. The fraction of sp³-hybridized carbons (Fsp3) is 0.700. The third-order valence-electron chi connectivity index (χ3n) is 5.16. The van der Waals surface area contributed by atoms with Crippen molar-refractivity contribution < 1.29 is 18.7 Å². The van der Waals surface area contributed by atoms with Crippen molar-refractivity contribution in [1.82, 2.24) is 10.2 Å². The number of furan rings is 1. The van der Waals surface area contributed by atoms with Gasteiger partial charge >= 0.3 is 0 Å². The second kappa shape index (κ2) is 10.5. The van der Waals surface area contributed by atoms with Gasteiger partial charge in [-0.1, -0.05) is 0 Å². The number of ether oxygens (including phenoxy) is 2. The normalized spacial score (nSPS) is 21.7. The Balaban J connectivity index is 1.47. The van der Waals surface area contributed by atoms with E-state index in [1.807, 2.05) is 6.92 Å². The predicted octanol–water partition coefficient (Wildman–Crippen LogP) is 1.89. The predicted molar refractivity (Wildman–Crippen MR) is 106 cm³/mol. The molecule has 0 saturated carbocycles. The summed E-state index contributed by atoms with van der Waals surface area (Å²) >= 11 is 0. The molecule has 2 aliphatic rings. The van der Waals surface area contributed by atoms with Crippen molar-refractivity contribution >= 4 is 11.9 Å². The van der Waals surface area contributed by atoms with E-state index in [-0.39, 0.29) is 18.0 Å². The number of rotatable bonds is 7.